The van der Waals surface area contributed by atoms with Crippen LogP contribution in [0.25, 0.3) is 21.7 Å². The lowest BCUT2D eigenvalue weighted by Gasteiger charge is -2.08. The third kappa shape index (κ3) is 4.60. The molecular weight excluding hydrogens is 422 g/mol. The Morgan fingerprint density at radius 3 is 2.48 bits per heavy atom. The molecule has 2 aromatic carbocycles. The third-order valence-corrected chi connectivity index (χ3v) is 8.54. The molecule has 0 aliphatic rings. The number of hydrogen-bond acceptors (Lipinski definition) is 5. The Morgan fingerprint density at radius 2 is 1.77 bits per heavy atom. The topological polar surface area (TPSA) is 55.2 Å². The number of rotatable bonds is 6. The molecule has 1 atom stereocenters. The lowest BCUT2D eigenvalue weighted by atomic mass is 10.1. The Morgan fingerprint density at radius 1 is 0.968 bits per heavy atom. The summed E-state index contributed by atoms with van der Waals surface area (Å²) < 4.78 is 18.1. The highest BCUT2D eigenvalue weighted by Gasteiger charge is 2.16. The number of benzene rings is 2. The first-order chi connectivity index (χ1) is 15.0. The minimum absolute atomic E-state index is 0.429. The SMILES string of the molecule is CCc1nc(-c2cccc(C)c2)c(-c2ccnc(N=S(=O)(CC)c3ccccc3)c2)s1. The highest BCUT2D eigenvalue weighted by molar-refractivity contribution is 7.93. The predicted octanol–water partition coefficient (Wildman–Crippen LogP) is 6.92. The van der Waals surface area contributed by atoms with E-state index < -0.39 is 9.73 Å². The fourth-order valence-corrected chi connectivity index (χ4v) is 5.95. The molecule has 1 unspecified atom stereocenters. The molecule has 0 radical (unpaired) electrons. The van der Waals surface area contributed by atoms with E-state index in [2.05, 4.69) is 47.5 Å². The van der Waals surface area contributed by atoms with Crippen LogP contribution in [0, 0.1) is 6.92 Å². The van der Waals surface area contributed by atoms with Crippen molar-refractivity contribution < 1.29 is 4.21 Å². The van der Waals surface area contributed by atoms with E-state index in [1.54, 1.807) is 17.5 Å². The molecule has 0 fully saturated rings. The summed E-state index contributed by atoms with van der Waals surface area (Å²) in [7, 11) is -2.57. The van der Waals surface area contributed by atoms with Crippen molar-refractivity contribution in [1.82, 2.24) is 9.97 Å². The van der Waals surface area contributed by atoms with Gasteiger partial charge >= 0.3 is 0 Å². The summed E-state index contributed by atoms with van der Waals surface area (Å²) >= 11 is 1.69. The second kappa shape index (κ2) is 9.12. The van der Waals surface area contributed by atoms with Crippen LogP contribution in [0.2, 0.25) is 0 Å². The molecule has 0 N–H and O–H groups in total. The van der Waals surface area contributed by atoms with Crippen molar-refractivity contribution in [1.29, 1.82) is 0 Å². The summed E-state index contributed by atoms with van der Waals surface area (Å²) in [5, 5.41) is 1.09. The monoisotopic (exact) mass is 447 g/mol. The zero-order chi connectivity index (χ0) is 21.8. The molecular formula is C25H25N3OS2. The van der Waals surface area contributed by atoms with Crippen LogP contribution in [0.1, 0.15) is 24.4 Å². The number of aromatic nitrogens is 2. The minimum Gasteiger partial charge on any atom is -0.244 e. The predicted molar refractivity (Wildman–Crippen MR) is 130 cm³/mol. The number of pyridine rings is 1. The van der Waals surface area contributed by atoms with Crippen LogP contribution in [-0.4, -0.2) is 19.9 Å². The summed E-state index contributed by atoms with van der Waals surface area (Å²) in [5.41, 5.74) is 4.27. The number of hydrogen-bond donors (Lipinski definition) is 0. The van der Waals surface area contributed by atoms with Gasteiger partial charge in [-0.25, -0.2) is 14.2 Å². The van der Waals surface area contributed by atoms with E-state index in [9.17, 15) is 4.21 Å². The number of nitrogens with zero attached hydrogens (tertiary/aromatic N) is 3. The van der Waals surface area contributed by atoms with Crippen molar-refractivity contribution in [2.75, 3.05) is 5.75 Å². The summed E-state index contributed by atoms with van der Waals surface area (Å²) in [6.45, 7) is 6.10. The number of thiazole rings is 1. The molecule has 0 saturated carbocycles. The van der Waals surface area contributed by atoms with E-state index in [-0.39, 0.29) is 0 Å². The van der Waals surface area contributed by atoms with E-state index in [0.717, 1.165) is 38.0 Å². The summed E-state index contributed by atoms with van der Waals surface area (Å²) in [4.78, 5) is 11.1. The molecule has 4 rings (SSSR count). The highest BCUT2D eigenvalue weighted by Crippen LogP contribution is 2.38. The van der Waals surface area contributed by atoms with Crippen LogP contribution in [0.4, 0.5) is 5.82 Å². The molecule has 31 heavy (non-hydrogen) atoms. The normalized spacial score (nSPS) is 13.0. The van der Waals surface area contributed by atoms with Crippen LogP contribution in [0.15, 0.2) is 82.2 Å². The van der Waals surface area contributed by atoms with E-state index in [1.165, 1.54) is 5.56 Å². The Labute approximate surface area is 188 Å². The van der Waals surface area contributed by atoms with Crippen LogP contribution >= 0.6 is 11.3 Å². The van der Waals surface area contributed by atoms with Gasteiger partial charge in [0.25, 0.3) is 0 Å². The van der Waals surface area contributed by atoms with Crippen molar-refractivity contribution in [2.24, 2.45) is 4.36 Å². The fraction of sp³-hybridized carbons (Fsp3) is 0.200. The molecule has 4 nitrogen and oxygen atoms in total. The maximum Gasteiger partial charge on any atom is 0.162 e. The van der Waals surface area contributed by atoms with Crippen LogP contribution in [0.5, 0.6) is 0 Å². The van der Waals surface area contributed by atoms with Crippen molar-refractivity contribution in [3.8, 4) is 21.7 Å². The average Bonchev–Trinajstić information content (AvgIpc) is 3.24. The fourth-order valence-electron chi connectivity index (χ4n) is 3.38. The van der Waals surface area contributed by atoms with Gasteiger partial charge in [-0.05, 0) is 49.2 Å². The molecule has 0 spiro atoms. The van der Waals surface area contributed by atoms with Gasteiger partial charge in [-0.3, -0.25) is 0 Å². The highest BCUT2D eigenvalue weighted by atomic mass is 32.2. The van der Waals surface area contributed by atoms with Crippen LogP contribution in [0.3, 0.4) is 0 Å². The largest absolute Gasteiger partial charge is 0.244 e. The van der Waals surface area contributed by atoms with E-state index >= 15 is 0 Å². The van der Waals surface area contributed by atoms with Gasteiger partial charge in [0.2, 0.25) is 0 Å². The van der Waals surface area contributed by atoms with Gasteiger partial charge in [-0.2, -0.15) is 4.36 Å². The quantitative estimate of drug-likeness (QED) is 0.322. The van der Waals surface area contributed by atoms with Gasteiger partial charge in [0.1, 0.15) is 0 Å². The standard InChI is InChI=1S/C25H25N3OS2/c1-4-23-27-24(19-11-9-10-18(3)16-19)25(30-23)20-14-15-26-22(17-20)28-31(29,5-2)21-12-7-6-8-13-21/h6-17H,4-5H2,1-3H3. The Hall–Kier alpha value is -2.83. The van der Waals surface area contributed by atoms with Crippen LogP contribution in [-0.2, 0) is 16.1 Å². The van der Waals surface area contributed by atoms with E-state index in [4.69, 9.17) is 4.98 Å². The maximum atomic E-state index is 13.5. The van der Waals surface area contributed by atoms with Gasteiger partial charge in [0, 0.05) is 22.4 Å². The lowest BCUT2D eigenvalue weighted by Crippen LogP contribution is -2.03. The maximum absolute atomic E-state index is 13.5. The number of aryl methyl sites for hydroxylation is 2. The Bertz CT molecular complexity index is 1320. The third-order valence-electron chi connectivity index (χ3n) is 5.02. The first-order valence-corrected chi connectivity index (χ1v) is 12.9. The molecule has 158 valence electrons. The zero-order valence-corrected chi connectivity index (χ0v) is 19.5. The second-order valence-electron chi connectivity index (χ2n) is 7.24. The summed E-state index contributed by atoms with van der Waals surface area (Å²) in [6.07, 6.45) is 2.61. The Balaban J connectivity index is 1.83. The Kier molecular flexibility index (Phi) is 6.30. The first-order valence-electron chi connectivity index (χ1n) is 10.4. The minimum atomic E-state index is -2.57. The molecule has 2 aromatic heterocycles. The average molecular weight is 448 g/mol. The van der Waals surface area contributed by atoms with Gasteiger partial charge in [0.15, 0.2) is 5.82 Å². The summed E-state index contributed by atoms with van der Waals surface area (Å²) in [6, 6.07) is 21.7. The van der Waals surface area contributed by atoms with Gasteiger partial charge < -0.3 is 0 Å². The molecule has 0 saturated heterocycles. The molecule has 0 aliphatic carbocycles. The summed E-state index contributed by atoms with van der Waals surface area (Å²) in [5.74, 6) is 0.910. The zero-order valence-electron chi connectivity index (χ0n) is 17.9. The van der Waals surface area contributed by atoms with Crippen molar-refractivity contribution >= 4 is 26.9 Å². The van der Waals surface area contributed by atoms with Gasteiger partial charge in [-0.1, -0.05) is 55.8 Å². The second-order valence-corrected chi connectivity index (χ2v) is 10.8. The molecule has 2 heterocycles. The smallest absolute Gasteiger partial charge is 0.162 e. The lowest BCUT2D eigenvalue weighted by molar-refractivity contribution is 0.677. The van der Waals surface area contributed by atoms with E-state index in [1.807, 2.05) is 49.4 Å². The van der Waals surface area contributed by atoms with Crippen molar-refractivity contribution in [3.05, 3.63) is 83.5 Å². The first kappa shape index (κ1) is 21.4. The molecule has 0 aliphatic heterocycles. The van der Waals surface area contributed by atoms with Gasteiger partial charge in [-0.15, -0.1) is 11.3 Å². The molecule has 0 amide bonds. The van der Waals surface area contributed by atoms with E-state index in [0.29, 0.717) is 11.6 Å². The molecule has 4 aromatic rings. The van der Waals surface area contributed by atoms with Crippen molar-refractivity contribution in [3.63, 3.8) is 0 Å². The van der Waals surface area contributed by atoms with Crippen LogP contribution < -0.4 is 0 Å². The molecule has 0 bridgehead atoms. The van der Waals surface area contributed by atoms with Gasteiger partial charge in [0.05, 0.1) is 25.3 Å². The molecule has 6 heteroatoms. The van der Waals surface area contributed by atoms with Crippen molar-refractivity contribution in [2.45, 2.75) is 32.1 Å².